The largest absolute Gasteiger partial charge is 0.354 e. The normalized spacial score (nSPS) is 11.4. The molecule has 0 aliphatic carbocycles. The second-order valence-corrected chi connectivity index (χ2v) is 4.55. The summed E-state index contributed by atoms with van der Waals surface area (Å²) in [6, 6.07) is 3.97. The molecular formula is C13H19Cl2FN4O. The fourth-order valence-corrected chi connectivity index (χ4v) is 1.89. The van der Waals surface area contributed by atoms with Crippen LogP contribution in [-0.2, 0) is 18.3 Å². The van der Waals surface area contributed by atoms with Crippen LogP contribution >= 0.6 is 24.8 Å². The van der Waals surface area contributed by atoms with Crippen LogP contribution in [0.25, 0.3) is 11.0 Å². The van der Waals surface area contributed by atoms with Crippen LogP contribution in [0.1, 0.15) is 12.7 Å². The number of hydrogen-bond acceptors (Lipinski definition) is 3. The van der Waals surface area contributed by atoms with Gasteiger partial charge in [0, 0.05) is 20.0 Å². The second-order valence-electron chi connectivity index (χ2n) is 4.55. The van der Waals surface area contributed by atoms with Gasteiger partial charge in [-0.2, -0.15) is 0 Å². The van der Waals surface area contributed by atoms with E-state index in [2.05, 4.69) is 10.3 Å². The first-order valence-electron chi connectivity index (χ1n) is 6.13. The molecule has 2 rings (SSSR count). The molecule has 8 heteroatoms. The Morgan fingerprint density at radius 1 is 1.48 bits per heavy atom. The molecule has 0 radical (unpaired) electrons. The summed E-state index contributed by atoms with van der Waals surface area (Å²) in [6.45, 7) is 2.09. The zero-order valence-electron chi connectivity index (χ0n) is 11.8. The van der Waals surface area contributed by atoms with E-state index in [-0.39, 0.29) is 36.5 Å². The third kappa shape index (κ3) is 4.56. The van der Waals surface area contributed by atoms with Gasteiger partial charge in [-0.3, -0.25) is 4.79 Å². The lowest BCUT2D eigenvalue weighted by molar-refractivity contribution is -0.121. The second kappa shape index (κ2) is 8.17. The topological polar surface area (TPSA) is 72.9 Å². The molecule has 1 aromatic carbocycles. The molecule has 2 aromatic rings. The van der Waals surface area contributed by atoms with Crippen LogP contribution in [0.4, 0.5) is 4.39 Å². The summed E-state index contributed by atoms with van der Waals surface area (Å²) in [5, 5.41) is 2.72. The van der Waals surface area contributed by atoms with E-state index in [1.165, 1.54) is 12.1 Å². The molecule has 0 bridgehead atoms. The predicted molar refractivity (Wildman–Crippen MR) is 85.5 cm³/mol. The molecule has 0 aliphatic rings. The summed E-state index contributed by atoms with van der Waals surface area (Å²) < 4.78 is 15.0. The first-order chi connectivity index (χ1) is 8.99. The molecule has 3 N–H and O–H groups in total. The highest BCUT2D eigenvalue weighted by Gasteiger charge is 2.10. The van der Waals surface area contributed by atoms with Gasteiger partial charge in [-0.15, -0.1) is 24.8 Å². The Labute approximate surface area is 134 Å². The number of halogens is 3. The lowest BCUT2D eigenvalue weighted by Crippen LogP contribution is -2.39. The van der Waals surface area contributed by atoms with Crippen molar-refractivity contribution in [2.75, 3.05) is 6.54 Å². The van der Waals surface area contributed by atoms with Crippen LogP contribution in [0.2, 0.25) is 0 Å². The predicted octanol–water partition coefficient (Wildman–Crippen LogP) is 1.56. The fraction of sp³-hybridized carbons (Fsp3) is 0.385. The molecule has 0 aliphatic heterocycles. The summed E-state index contributed by atoms with van der Waals surface area (Å²) in [7, 11) is 1.83. The number of nitrogens with one attached hydrogen (secondary N) is 1. The monoisotopic (exact) mass is 336 g/mol. The molecule has 21 heavy (non-hydrogen) atoms. The number of aryl methyl sites for hydroxylation is 1. The highest BCUT2D eigenvalue weighted by atomic mass is 35.5. The van der Waals surface area contributed by atoms with Gasteiger partial charge in [0.1, 0.15) is 11.6 Å². The van der Waals surface area contributed by atoms with E-state index >= 15 is 0 Å². The van der Waals surface area contributed by atoms with Gasteiger partial charge in [-0.05, 0) is 25.1 Å². The van der Waals surface area contributed by atoms with E-state index in [0.29, 0.717) is 13.0 Å². The number of amides is 1. The van der Waals surface area contributed by atoms with E-state index in [4.69, 9.17) is 5.73 Å². The molecule has 0 saturated carbocycles. The number of benzene rings is 1. The molecular weight excluding hydrogens is 318 g/mol. The molecule has 1 atom stereocenters. The van der Waals surface area contributed by atoms with E-state index < -0.39 is 6.04 Å². The smallest absolute Gasteiger partial charge is 0.236 e. The van der Waals surface area contributed by atoms with Gasteiger partial charge in [-0.1, -0.05) is 0 Å². The van der Waals surface area contributed by atoms with E-state index in [1.807, 2.05) is 11.6 Å². The average molecular weight is 337 g/mol. The Balaban J connectivity index is 0.00000200. The summed E-state index contributed by atoms with van der Waals surface area (Å²) >= 11 is 0. The minimum Gasteiger partial charge on any atom is -0.354 e. The van der Waals surface area contributed by atoms with Gasteiger partial charge in [-0.25, -0.2) is 9.37 Å². The van der Waals surface area contributed by atoms with Gasteiger partial charge < -0.3 is 15.6 Å². The third-order valence-electron chi connectivity index (χ3n) is 3.00. The number of hydrogen-bond donors (Lipinski definition) is 2. The SMILES string of the molecule is C[C@@H](N)C(=O)NCCc1nc2ccc(F)cc2n1C.Cl.Cl. The van der Waals surface area contributed by atoms with E-state index in [1.54, 1.807) is 13.0 Å². The van der Waals surface area contributed by atoms with Crippen molar-refractivity contribution in [3.05, 3.63) is 29.8 Å². The third-order valence-corrected chi connectivity index (χ3v) is 3.00. The minimum atomic E-state index is -0.519. The maximum absolute atomic E-state index is 13.2. The molecule has 5 nitrogen and oxygen atoms in total. The Hall–Kier alpha value is -1.37. The fourth-order valence-electron chi connectivity index (χ4n) is 1.89. The van der Waals surface area contributed by atoms with Gasteiger partial charge in [0.25, 0.3) is 0 Å². The zero-order valence-corrected chi connectivity index (χ0v) is 13.4. The summed E-state index contributed by atoms with van der Waals surface area (Å²) in [5.74, 6) is 0.322. The van der Waals surface area contributed by atoms with Crippen molar-refractivity contribution in [1.82, 2.24) is 14.9 Å². The van der Waals surface area contributed by atoms with Crippen molar-refractivity contribution in [2.24, 2.45) is 12.8 Å². The molecule has 1 amide bonds. The van der Waals surface area contributed by atoms with Crippen LogP contribution in [0.5, 0.6) is 0 Å². The molecule has 0 unspecified atom stereocenters. The van der Waals surface area contributed by atoms with Crippen molar-refractivity contribution < 1.29 is 9.18 Å². The summed E-state index contributed by atoms with van der Waals surface area (Å²) in [6.07, 6.45) is 0.575. The molecule has 1 aromatic heterocycles. The number of carbonyl (C=O) groups is 1. The Morgan fingerprint density at radius 3 is 2.76 bits per heavy atom. The number of fused-ring (bicyclic) bond motifs is 1. The van der Waals surface area contributed by atoms with Gasteiger partial charge in [0.15, 0.2) is 0 Å². The Kier molecular flexibility index (Phi) is 7.63. The number of nitrogens with two attached hydrogens (primary N) is 1. The van der Waals surface area contributed by atoms with Crippen LogP contribution in [0, 0.1) is 5.82 Å². The zero-order chi connectivity index (χ0) is 14.0. The maximum Gasteiger partial charge on any atom is 0.236 e. The van der Waals surface area contributed by atoms with Crippen LogP contribution in [0.15, 0.2) is 18.2 Å². The molecule has 0 spiro atoms. The van der Waals surface area contributed by atoms with Crippen molar-refractivity contribution in [1.29, 1.82) is 0 Å². The molecule has 118 valence electrons. The van der Waals surface area contributed by atoms with Crippen LogP contribution in [-0.4, -0.2) is 28.0 Å². The van der Waals surface area contributed by atoms with E-state index in [9.17, 15) is 9.18 Å². The molecule has 0 fully saturated rings. The highest BCUT2D eigenvalue weighted by Crippen LogP contribution is 2.16. The van der Waals surface area contributed by atoms with Crippen molar-refractivity contribution >= 4 is 41.8 Å². The first-order valence-corrected chi connectivity index (χ1v) is 6.13. The molecule has 1 heterocycles. The number of aromatic nitrogens is 2. The van der Waals surface area contributed by atoms with Crippen molar-refractivity contribution in [2.45, 2.75) is 19.4 Å². The minimum absolute atomic E-state index is 0. The van der Waals surface area contributed by atoms with Gasteiger partial charge in [0.05, 0.1) is 17.1 Å². The van der Waals surface area contributed by atoms with E-state index in [0.717, 1.165) is 16.9 Å². The lowest BCUT2D eigenvalue weighted by atomic mass is 10.3. The summed E-state index contributed by atoms with van der Waals surface area (Å²) in [5.41, 5.74) is 6.94. The van der Waals surface area contributed by atoms with Crippen molar-refractivity contribution in [3.8, 4) is 0 Å². The average Bonchev–Trinajstić information content (AvgIpc) is 2.66. The first kappa shape index (κ1) is 19.6. The standard InChI is InChI=1S/C13H17FN4O.2ClH/c1-8(15)13(19)16-6-5-12-17-10-4-3-9(14)7-11(10)18(12)2;;/h3-4,7-8H,5-6,15H2,1-2H3,(H,16,19);2*1H/t8-;;/m1../s1. The van der Waals surface area contributed by atoms with Crippen LogP contribution < -0.4 is 11.1 Å². The van der Waals surface area contributed by atoms with Gasteiger partial charge >= 0.3 is 0 Å². The Morgan fingerprint density at radius 2 is 2.14 bits per heavy atom. The van der Waals surface area contributed by atoms with Gasteiger partial charge in [0.2, 0.25) is 5.91 Å². The maximum atomic E-state index is 13.2. The number of imidazole rings is 1. The number of rotatable bonds is 4. The van der Waals surface area contributed by atoms with Crippen LogP contribution in [0.3, 0.4) is 0 Å². The number of nitrogens with zero attached hydrogens (tertiary/aromatic N) is 2. The lowest BCUT2D eigenvalue weighted by Gasteiger charge is -2.07. The summed E-state index contributed by atoms with van der Waals surface area (Å²) in [4.78, 5) is 15.7. The molecule has 0 saturated heterocycles. The quantitative estimate of drug-likeness (QED) is 0.889. The highest BCUT2D eigenvalue weighted by molar-refractivity contribution is 5.85. The van der Waals surface area contributed by atoms with Crippen molar-refractivity contribution in [3.63, 3.8) is 0 Å². The number of carbonyl (C=O) groups excluding carboxylic acids is 1. The Bertz CT molecular complexity index is 615.